The number of fused-ring (bicyclic) bond motifs is 1. The van der Waals surface area contributed by atoms with Gasteiger partial charge >= 0.3 is 0 Å². The maximum absolute atomic E-state index is 7.19. The second kappa shape index (κ2) is 2.22. The van der Waals surface area contributed by atoms with Crippen molar-refractivity contribution in [3.05, 3.63) is 11.6 Å². The third kappa shape index (κ3) is 0.731. The molecule has 2 unspecified atom stereocenters. The van der Waals surface area contributed by atoms with Gasteiger partial charge in [0, 0.05) is 5.92 Å². The molecule has 2 atom stereocenters. The van der Waals surface area contributed by atoms with E-state index < -0.39 is 0 Å². The van der Waals surface area contributed by atoms with Crippen LogP contribution < -0.4 is 0 Å². The number of nitrogens with one attached hydrogen (secondary N) is 1. The maximum atomic E-state index is 7.19. The summed E-state index contributed by atoms with van der Waals surface area (Å²) in [5.41, 5.74) is 1.65. The van der Waals surface area contributed by atoms with Crippen LogP contribution in [0.3, 0.4) is 0 Å². The van der Waals surface area contributed by atoms with E-state index in [0.717, 1.165) is 12.3 Å². The Labute approximate surface area is 61.6 Å². The van der Waals surface area contributed by atoms with E-state index in [2.05, 4.69) is 6.08 Å². The van der Waals surface area contributed by atoms with Crippen molar-refractivity contribution in [2.24, 2.45) is 11.8 Å². The molecule has 0 aliphatic heterocycles. The first-order valence-electron chi connectivity index (χ1n) is 4.11. The minimum Gasteiger partial charge on any atom is -0.313 e. The number of hydrogen-bond acceptors (Lipinski definition) is 1. The van der Waals surface area contributed by atoms with E-state index in [1.807, 2.05) is 0 Å². The van der Waals surface area contributed by atoms with Gasteiger partial charge in [0.15, 0.2) is 0 Å². The van der Waals surface area contributed by atoms with Crippen LogP contribution in [-0.4, -0.2) is 6.21 Å². The summed E-state index contributed by atoms with van der Waals surface area (Å²) in [6.07, 6.45) is 9.15. The lowest BCUT2D eigenvalue weighted by atomic mass is 9.94. The van der Waals surface area contributed by atoms with Gasteiger partial charge in [0.1, 0.15) is 0 Å². The Hall–Kier alpha value is -0.590. The van der Waals surface area contributed by atoms with Crippen molar-refractivity contribution < 1.29 is 0 Å². The van der Waals surface area contributed by atoms with Gasteiger partial charge in [-0.3, -0.25) is 0 Å². The van der Waals surface area contributed by atoms with Gasteiger partial charge in [0.25, 0.3) is 0 Å². The predicted octanol–water partition coefficient (Wildman–Crippen LogP) is 2.38. The van der Waals surface area contributed by atoms with Crippen molar-refractivity contribution in [2.75, 3.05) is 0 Å². The second-order valence-electron chi connectivity index (χ2n) is 3.34. The SMILES string of the molecule is N=CC1CC=C2CCCC21. The molecule has 1 fully saturated rings. The third-order valence-electron chi connectivity index (χ3n) is 2.84. The number of allylic oxidation sites excluding steroid dienone is 2. The zero-order valence-electron chi connectivity index (χ0n) is 6.14. The average molecular weight is 135 g/mol. The fourth-order valence-electron chi connectivity index (χ4n) is 2.28. The molecular weight excluding hydrogens is 122 g/mol. The maximum Gasteiger partial charge on any atom is 0.00352 e. The molecule has 0 amide bonds. The fraction of sp³-hybridized carbons (Fsp3) is 0.667. The first kappa shape index (κ1) is 6.14. The molecule has 54 valence electrons. The first-order chi connectivity index (χ1) is 4.92. The van der Waals surface area contributed by atoms with E-state index in [1.165, 1.54) is 19.3 Å². The summed E-state index contributed by atoms with van der Waals surface area (Å²) in [6.45, 7) is 0. The Morgan fingerprint density at radius 2 is 2.50 bits per heavy atom. The van der Waals surface area contributed by atoms with Crippen LogP contribution >= 0.6 is 0 Å². The van der Waals surface area contributed by atoms with Gasteiger partial charge in [-0.25, -0.2) is 0 Å². The highest BCUT2D eigenvalue weighted by Crippen LogP contribution is 2.42. The summed E-state index contributed by atoms with van der Waals surface area (Å²) in [5, 5.41) is 7.19. The van der Waals surface area contributed by atoms with E-state index >= 15 is 0 Å². The van der Waals surface area contributed by atoms with Crippen LogP contribution in [0.1, 0.15) is 25.7 Å². The van der Waals surface area contributed by atoms with Gasteiger partial charge in [-0.1, -0.05) is 11.6 Å². The molecule has 1 N–H and O–H groups in total. The van der Waals surface area contributed by atoms with Crippen molar-refractivity contribution in [1.29, 1.82) is 5.41 Å². The molecule has 2 rings (SSSR count). The largest absolute Gasteiger partial charge is 0.313 e. The summed E-state index contributed by atoms with van der Waals surface area (Å²) in [4.78, 5) is 0. The van der Waals surface area contributed by atoms with E-state index in [1.54, 1.807) is 11.8 Å². The van der Waals surface area contributed by atoms with E-state index in [-0.39, 0.29) is 0 Å². The Morgan fingerprint density at radius 3 is 3.30 bits per heavy atom. The minimum absolute atomic E-state index is 0.567. The molecule has 0 aromatic rings. The quantitative estimate of drug-likeness (QED) is 0.421. The molecule has 0 radical (unpaired) electrons. The van der Waals surface area contributed by atoms with Crippen molar-refractivity contribution in [2.45, 2.75) is 25.7 Å². The first-order valence-corrected chi connectivity index (χ1v) is 4.11. The van der Waals surface area contributed by atoms with Crippen LogP contribution in [0.25, 0.3) is 0 Å². The predicted molar refractivity (Wildman–Crippen MR) is 42.3 cm³/mol. The lowest BCUT2D eigenvalue weighted by Gasteiger charge is -2.10. The minimum atomic E-state index is 0.567. The highest BCUT2D eigenvalue weighted by atomic mass is 14.4. The molecule has 0 heterocycles. The molecular formula is C9H13N. The summed E-state index contributed by atoms with van der Waals surface area (Å²) >= 11 is 0. The van der Waals surface area contributed by atoms with Crippen molar-refractivity contribution in [3.63, 3.8) is 0 Å². The van der Waals surface area contributed by atoms with E-state index in [4.69, 9.17) is 5.41 Å². The molecule has 0 saturated heterocycles. The molecule has 1 saturated carbocycles. The monoisotopic (exact) mass is 135 g/mol. The molecule has 1 nitrogen and oxygen atoms in total. The molecule has 0 bridgehead atoms. The third-order valence-corrected chi connectivity index (χ3v) is 2.84. The van der Waals surface area contributed by atoms with E-state index in [0.29, 0.717) is 5.92 Å². The summed E-state index contributed by atoms with van der Waals surface area (Å²) in [6, 6.07) is 0. The van der Waals surface area contributed by atoms with Crippen LogP contribution in [0.5, 0.6) is 0 Å². The van der Waals surface area contributed by atoms with Crippen LogP contribution in [0.15, 0.2) is 11.6 Å². The molecule has 0 aromatic carbocycles. The van der Waals surface area contributed by atoms with Gasteiger partial charge in [-0.05, 0) is 37.8 Å². The van der Waals surface area contributed by atoms with Crippen LogP contribution in [-0.2, 0) is 0 Å². The molecule has 1 heteroatoms. The van der Waals surface area contributed by atoms with Gasteiger partial charge in [0.05, 0.1) is 0 Å². The topological polar surface area (TPSA) is 23.9 Å². The standard InChI is InChI=1S/C9H13N/c10-6-8-5-4-7-2-1-3-9(7)8/h4,6,8-10H,1-3,5H2. The zero-order valence-corrected chi connectivity index (χ0v) is 6.14. The molecule has 2 aliphatic rings. The summed E-state index contributed by atoms with van der Waals surface area (Å²) < 4.78 is 0. The van der Waals surface area contributed by atoms with Crippen molar-refractivity contribution >= 4 is 6.21 Å². The smallest absolute Gasteiger partial charge is 0.00352 e. The average Bonchev–Trinajstić information content (AvgIpc) is 2.44. The highest BCUT2D eigenvalue weighted by Gasteiger charge is 2.31. The summed E-state index contributed by atoms with van der Waals surface area (Å²) in [7, 11) is 0. The molecule has 0 spiro atoms. The highest BCUT2D eigenvalue weighted by molar-refractivity contribution is 5.60. The Bertz CT molecular complexity index is 181. The normalized spacial score (nSPS) is 37.4. The van der Waals surface area contributed by atoms with Gasteiger partial charge < -0.3 is 5.41 Å². The number of hydrogen-bond donors (Lipinski definition) is 1. The van der Waals surface area contributed by atoms with Gasteiger partial charge in [0.2, 0.25) is 0 Å². The molecule has 2 aliphatic carbocycles. The van der Waals surface area contributed by atoms with Crippen molar-refractivity contribution in [3.8, 4) is 0 Å². The Kier molecular flexibility index (Phi) is 1.37. The van der Waals surface area contributed by atoms with E-state index in [9.17, 15) is 0 Å². The lowest BCUT2D eigenvalue weighted by molar-refractivity contribution is 0.529. The second-order valence-corrected chi connectivity index (χ2v) is 3.34. The molecule has 0 aromatic heterocycles. The molecule has 10 heavy (non-hydrogen) atoms. The Morgan fingerprint density at radius 1 is 1.60 bits per heavy atom. The van der Waals surface area contributed by atoms with Crippen LogP contribution in [0.4, 0.5) is 0 Å². The fourth-order valence-corrected chi connectivity index (χ4v) is 2.28. The zero-order chi connectivity index (χ0) is 6.97. The number of rotatable bonds is 1. The lowest BCUT2D eigenvalue weighted by Crippen LogP contribution is -2.07. The Balaban J connectivity index is 2.16. The van der Waals surface area contributed by atoms with Gasteiger partial charge in [-0.15, -0.1) is 0 Å². The van der Waals surface area contributed by atoms with Crippen molar-refractivity contribution in [1.82, 2.24) is 0 Å². The van der Waals surface area contributed by atoms with Crippen LogP contribution in [0.2, 0.25) is 0 Å². The van der Waals surface area contributed by atoms with Crippen LogP contribution in [0, 0.1) is 17.2 Å². The summed E-state index contributed by atoms with van der Waals surface area (Å²) in [5.74, 6) is 1.34. The van der Waals surface area contributed by atoms with Gasteiger partial charge in [-0.2, -0.15) is 0 Å².